The fourth-order valence-electron chi connectivity index (χ4n) is 1.96. The molecule has 19 heavy (non-hydrogen) atoms. The third kappa shape index (κ3) is 2.52. The van der Waals surface area contributed by atoms with Gasteiger partial charge in [-0.1, -0.05) is 18.2 Å². The number of para-hydroxylation sites is 2. The van der Waals surface area contributed by atoms with Gasteiger partial charge in [0.1, 0.15) is 5.82 Å². The standard InChI is InChI=1S/C15H14N4/c1-11(12-5-4-8-16-9-12)18-15-10-17-13-6-2-3-7-14(13)19-15/h2-11H,1H3,(H,18,19). The lowest BCUT2D eigenvalue weighted by atomic mass is 10.1. The van der Waals surface area contributed by atoms with Crippen LogP contribution in [0.1, 0.15) is 18.5 Å². The zero-order valence-electron chi connectivity index (χ0n) is 10.6. The van der Waals surface area contributed by atoms with E-state index in [4.69, 9.17) is 0 Å². The third-order valence-corrected chi connectivity index (χ3v) is 3.00. The van der Waals surface area contributed by atoms with E-state index in [-0.39, 0.29) is 6.04 Å². The Morgan fingerprint density at radius 1 is 1.00 bits per heavy atom. The van der Waals surface area contributed by atoms with Crippen LogP contribution in [0, 0.1) is 0 Å². The number of benzene rings is 1. The van der Waals surface area contributed by atoms with Crippen molar-refractivity contribution in [3.63, 3.8) is 0 Å². The molecule has 3 rings (SSSR count). The lowest BCUT2D eigenvalue weighted by molar-refractivity contribution is 0.866. The summed E-state index contributed by atoms with van der Waals surface area (Å²) in [7, 11) is 0. The first-order chi connectivity index (χ1) is 9.33. The highest BCUT2D eigenvalue weighted by Crippen LogP contribution is 2.18. The molecule has 3 aromatic rings. The van der Waals surface area contributed by atoms with E-state index in [2.05, 4.69) is 27.2 Å². The van der Waals surface area contributed by atoms with Crippen LogP contribution >= 0.6 is 0 Å². The predicted octanol–water partition coefficient (Wildman–Crippen LogP) is 3.20. The van der Waals surface area contributed by atoms with Crippen LogP contribution in [0.5, 0.6) is 0 Å². The lowest BCUT2D eigenvalue weighted by Gasteiger charge is -2.14. The van der Waals surface area contributed by atoms with Gasteiger partial charge in [-0.05, 0) is 30.7 Å². The van der Waals surface area contributed by atoms with Gasteiger partial charge in [0, 0.05) is 12.4 Å². The Hall–Kier alpha value is -2.49. The number of pyridine rings is 1. The molecule has 2 heterocycles. The molecule has 0 saturated heterocycles. The van der Waals surface area contributed by atoms with Crippen LogP contribution in [0.25, 0.3) is 11.0 Å². The van der Waals surface area contributed by atoms with Crippen LogP contribution < -0.4 is 5.32 Å². The van der Waals surface area contributed by atoms with Gasteiger partial charge in [-0.25, -0.2) is 4.98 Å². The number of nitrogens with one attached hydrogen (secondary N) is 1. The Kier molecular flexibility index (Phi) is 3.06. The van der Waals surface area contributed by atoms with Gasteiger partial charge in [-0.15, -0.1) is 0 Å². The molecule has 2 aromatic heterocycles. The Balaban J connectivity index is 1.85. The normalized spacial score (nSPS) is 12.3. The number of anilines is 1. The van der Waals surface area contributed by atoms with Crippen molar-refractivity contribution in [1.29, 1.82) is 0 Å². The predicted molar refractivity (Wildman–Crippen MR) is 75.8 cm³/mol. The van der Waals surface area contributed by atoms with Crippen LogP contribution in [-0.2, 0) is 0 Å². The molecule has 1 N–H and O–H groups in total. The average Bonchev–Trinajstić information content (AvgIpc) is 2.48. The van der Waals surface area contributed by atoms with Crippen molar-refractivity contribution < 1.29 is 0 Å². The first-order valence-corrected chi connectivity index (χ1v) is 6.21. The van der Waals surface area contributed by atoms with E-state index < -0.39 is 0 Å². The van der Waals surface area contributed by atoms with E-state index in [1.807, 2.05) is 42.6 Å². The number of rotatable bonds is 3. The highest BCUT2D eigenvalue weighted by molar-refractivity contribution is 5.75. The molecule has 0 aliphatic carbocycles. The average molecular weight is 250 g/mol. The van der Waals surface area contributed by atoms with Gasteiger partial charge >= 0.3 is 0 Å². The van der Waals surface area contributed by atoms with Crippen LogP contribution in [0.15, 0.2) is 55.0 Å². The fraction of sp³-hybridized carbons (Fsp3) is 0.133. The second-order valence-corrected chi connectivity index (χ2v) is 4.40. The summed E-state index contributed by atoms with van der Waals surface area (Å²) in [6.07, 6.45) is 5.38. The molecule has 0 saturated carbocycles. The van der Waals surface area contributed by atoms with Crippen molar-refractivity contribution in [1.82, 2.24) is 15.0 Å². The molecule has 1 aromatic carbocycles. The smallest absolute Gasteiger partial charge is 0.145 e. The Bertz CT molecular complexity index is 682. The van der Waals surface area contributed by atoms with Gasteiger partial charge in [0.25, 0.3) is 0 Å². The second-order valence-electron chi connectivity index (χ2n) is 4.40. The van der Waals surface area contributed by atoms with Crippen molar-refractivity contribution in [2.45, 2.75) is 13.0 Å². The molecule has 1 atom stereocenters. The summed E-state index contributed by atoms with van der Waals surface area (Å²) in [5.74, 6) is 0.773. The van der Waals surface area contributed by atoms with Gasteiger partial charge in [0.05, 0.1) is 23.3 Å². The summed E-state index contributed by atoms with van der Waals surface area (Å²) < 4.78 is 0. The minimum atomic E-state index is 0.143. The minimum Gasteiger partial charge on any atom is -0.362 e. The first-order valence-electron chi connectivity index (χ1n) is 6.21. The van der Waals surface area contributed by atoms with Crippen LogP contribution in [0.3, 0.4) is 0 Å². The molecule has 0 bridgehead atoms. The molecule has 0 aliphatic rings. The van der Waals surface area contributed by atoms with E-state index >= 15 is 0 Å². The summed E-state index contributed by atoms with van der Waals surface area (Å²) in [5.41, 5.74) is 2.92. The van der Waals surface area contributed by atoms with Gasteiger partial charge < -0.3 is 5.32 Å². The van der Waals surface area contributed by atoms with Crippen LogP contribution in [0.4, 0.5) is 5.82 Å². The van der Waals surface area contributed by atoms with E-state index in [9.17, 15) is 0 Å². The first kappa shape index (κ1) is 11.6. The molecule has 4 heteroatoms. The molecular weight excluding hydrogens is 236 g/mol. The second kappa shape index (κ2) is 5.02. The Morgan fingerprint density at radius 3 is 2.63 bits per heavy atom. The summed E-state index contributed by atoms with van der Waals surface area (Å²) in [4.78, 5) is 13.1. The summed E-state index contributed by atoms with van der Waals surface area (Å²) in [5, 5.41) is 3.34. The molecule has 94 valence electrons. The number of aromatic nitrogens is 3. The molecule has 0 radical (unpaired) electrons. The maximum absolute atomic E-state index is 4.55. The van der Waals surface area contributed by atoms with Gasteiger partial charge in [0.2, 0.25) is 0 Å². The quantitative estimate of drug-likeness (QED) is 0.775. The van der Waals surface area contributed by atoms with Crippen molar-refractivity contribution in [2.75, 3.05) is 5.32 Å². The minimum absolute atomic E-state index is 0.143. The molecule has 0 amide bonds. The lowest BCUT2D eigenvalue weighted by Crippen LogP contribution is -2.08. The topological polar surface area (TPSA) is 50.7 Å². The largest absolute Gasteiger partial charge is 0.362 e. The molecule has 0 spiro atoms. The van der Waals surface area contributed by atoms with Crippen molar-refractivity contribution in [2.24, 2.45) is 0 Å². The van der Waals surface area contributed by atoms with Gasteiger partial charge in [-0.2, -0.15) is 0 Å². The van der Waals surface area contributed by atoms with Gasteiger partial charge in [0.15, 0.2) is 0 Å². The van der Waals surface area contributed by atoms with E-state index in [0.717, 1.165) is 22.4 Å². The number of nitrogens with zero attached hydrogens (tertiary/aromatic N) is 3. The molecule has 1 unspecified atom stereocenters. The zero-order valence-corrected chi connectivity index (χ0v) is 10.6. The number of fused-ring (bicyclic) bond motifs is 1. The summed E-state index contributed by atoms with van der Waals surface area (Å²) >= 11 is 0. The monoisotopic (exact) mass is 250 g/mol. The van der Waals surface area contributed by atoms with E-state index in [1.54, 1.807) is 12.4 Å². The summed E-state index contributed by atoms with van der Waals surface area (Å²) in [6.45, 7) is 2.08. The third-order valence-electron chi connectivity index (χ3n) is 3.00. The van der Waals surface area contributed by atoms with E-state index in [0.29, 0.717) is 0 Å². The fourth-order valence-corrected chi connectivity index (χ4v) is 1.96. The molecule has 4 nitrogen and oxygen atoms in total. The van der Waals surface area contributed by atoms with Crippen molar-refractivity contribution in [3.8, 4) is 0 Å². The zero-order chi connectivity index (χ0) is 13.1. The Labute approximate surface area is 111 Å². The summed E-state index contributed by atoms with van der Waals surface area (Å²) in [6, 6.07) is 12.0. The number of hydrogen-bond acceptors (Lipinski definition) is 4. The Morgan fingerprint density at radius 2 is 1.84 bits per heavy atom. The molecule has 0 fully saturated rings. The van der Waals surface area contributed by atoms with Crippen molar-refractivity contribution in [3.05, 3.63) is 60.6 Å². The maximum atomic E-state index is 4.55. The maximum Gasteiger partial charge on any atom is 0.145 e. The molecule has 0 aliphatic heterocycles. The molecular formula is C15H14N4. The van der Waals surface area contributed by atoms with Gasteiger partial charge in [-0.3, -0.25) is 9.97 Å². The van der Waals surface area contributed by atoms with E-state index in [1.165, 1.54) is 0 Å². The highest BCUT2D eigenvalue weighted by atomic mass is 15.0. The van der Waals surface area contributed by atoms with Crippen molar-refractivity contribution >= 4 is 16.9 Å². The number of hydrogen-bond donors (Lipinski definition) is 1. The highest BCUT2D eigenvalue weighted by Gasteiger charge is 2.06. The van der Waals surface area contributed by atoms with Crippen LogP contribution in [-0.4, -0.2) is 15.0 Å². The SMILES string of the molecule is CC(Nc1cnc2ccccc2n1)c1cccnc1. The van der Waals surface area contributed by atoms with Crippen LogP contribution in [0.2, 0.25) is 0 Å².